The molecule has 6 nitrogen and oxygen atoms in total. The van der Waals surface area contributed by atoms with Crippen molar-refractivity contribution < 1.29 is 14.3 Å². The minimum atomic E-state index is 0.213. The van der Waals surface area contributed by atoms with Gasteiger partial charge in [-0.1, -0.05) is 13.0 Å². The molecule has 0 bridgehead atoms. The molecule has 0 spiro atoms. The highest BCUT2D eigenvalue weighted by Crippen LogP contribution is 2.34. The van der Waals surface area contributed by atoms with Crippen molar-refractivity contribution in [3.63, 3.8) is 0 Å². The second-order valence-electron chi connectivity index (χ2n) is 6.04. The maximum Gasteiger partial charge on any atom is 0.241 e. The van der Waals surface area contributed by atoms with Crippen molar-refractivity contribution in [2.24, 2.45) is 0 Å². The van der Waals surface area contributed by atoms with Crippen LogP contribution >= 0.6 is 0 Å². The second kappa shape index (κ2) is 7.96. The van der Waals surface area contributed by atoms with E-state index in [1.165, 1.54) is 0 Å². The lowest BCUT2D eigenvalue weighted by atomic mass is 9.93. The average molecular weight is 341 g/mol. The first kappa shape index (κ1) is 17.2. The van der Waals surface area contributed by atoms with Crippen molar-refractivity contribution in [3.8, 4) is 17.4 Å². The number of methoxy groups -OCH3 is 1. The number of hydrogen-bond acceptors (Lipinski definition) is 5. The largest absolute Gasteiger partial charge is 0.497 e. The van der Waals surface area contributed by atoms with Crippen LogP contribution in [0.5, 0.6) is 17.4 Å². The van der Waals surface area contributed by atoms with Gasteiger partial charge in [0.15, 0.2) is 0 Å². The molecule has 1 fully saturated rings. The summed E-state index contributed by atoms with van der Waals surface area (Å²) < 4.78 is 11.2. The molecule has 1 aromatic heterocycles. The van der Waals surface area contributed by atoms with Crippen LogP contribution in [0.1, 0.15) is 37.8 Å². The summed E-state index contributed by atoms with van der Waals surface area (Å²) in [6, 6.07) is 7.43. The Labute approximate surface area is 147 Å². The number of aromatic nitrogens is 2. The number of rotatable bonds is 5. The van der Waals surface area contributed by atoms with E-state index in [0.29, 0.717) is 18.1 Å². The van der Waals surface area contributed by atoms with Crippen LogP contribution in [-0.2, 0) is 4.79 Å². The van der Waals surface area contributed by atoms with Crippen LogP contribution < -0.4 is 9.47 Å². The molecule has 6 heteroatoms. The fourth-order valence-corrected chi connectivity index (χ4v) is 3.10. The zero-order chi connectivity index (χ0) is 17.6. The predicted molar refractivity (Wildman–Crippen MR) is 93.9 cm³/mol. The first-order valence-corrected chi connectivity index (χ1v) is 8.61. The van der Waals surface area contributed by atoms with Gasteiger partial charge in [0.1, 0.15) is 17.2 Å². The van der Waals surface area contributed by atoms with Crippen LogP contribution in [0.15, 0.2) is 36.7 Å². The van der Waals surface area contributed by atoms with E-state index in [0.717, 1.165) is 37.4 Å². The molecule has 0 atom stereocenters. The lowest BCUT2D eigenvalue weighted by molar-refractivity contribution is -0.131. The Balaban J connectivity index is 1.74. The molecule has 1 aromatic carbocycles. The molecule has 1 aliphatic heterocycles. The van der Waals surface area contributed by atoms with E-state index in [2.05, 4.69) is 9.97 Å². The zero-order valence-corrected chi connectivity index (χ0v) is 14.6. The van der Waals surface area contributed by atoms with Gasteiger partial charge in [0, 0.05) is 43.9 Å². The summed E-state index contributed by atoms with van der Waals surface area (Å²) in [6.07, 6.45) is 5.63. The summed E-state index contributed by atoms with van der Waals surface area (Å²) in [5.41, 5.74) is 0.855. The van der Waals surface area contributed by atoms with E-state index in [9.17, 15) is 4.79 Å². The highest BCUT2D eigenvalue weighted by Gasteiger charge is 2.26. The number of piperidine rings is 1. The summed E-state index contributed by atoms with van der Waals surface area (Å²) in [7, 11) is 1.62. The minimum Gasteiger partial charge on any atom is -0.497 e. The molecule has 1 amide bonds. The number of benzene rings is 1. The Bertz CT molecular complexity index is 727. The third-order valence-electron chi connectivity index (χ3n) is 4.48. The van der Waals surface area contributed by atoms with Gasteiger partial charge in [0.25, 0.3) is 0 Å². The van der Waals surface area contributed by atoms with E-state index >= 15 is 0 Å². The van der Waals surface area contributed by atoms with Crippen LogP contribution in [-0.4, -0.2) is 41.0 Å². The van der Waals surface area contributed by atoms with E-state index in [-0.39, 0.29) is 11.8 Å². The monoisotopic (exact) mass is 341 g/mol. The normalized spacial score (nSPS) is 15.0. The van der Waals surface area contributed by atoms with Crippen molar-refractivity contribution in [1.29, 1.82) is 0 Å². The molecule has 0 radical (unpaired) electrons. The van der Waals surface area contributed by atoms with E-state index in [1.54, 1.807) is 19.5 Å². The molecule has 25 heavy (non-hydrogen) atoms. The summed E-state index contributed by atoms with van der Waals surface area (Å²) in [5.74, 6) is 2.38. The third kappa shape index (κ3) is 4.07. The lowest BCUT2D eigenvalue weighted by Crippen LogP contribution is -2.37. The topological polar surface area (TPSA) is 64.6 Å². The molecular formula is C19H23N3O3. The first-order chi connectivity index (χ1) is 12.2. The smallest absolute Gasteiger partial charge is 0.241 e. The standard InChI is InChI=1S/C19H23N3O3/c1-3-17(23)22-11-7-14(8-12-22)18-19(21-10-9-20-18)25-16-6-4-5-15(13-16)24-2/h4-6,9-10,13-14H,3,7-8,11-12H2,1-2H3. The molecule has 132 valence electrons. The van der Waals surface area contributed by atoms with E-state index in [4.69, 9.17) is 9.47 Å². The Morgan fingerprint density at radius 2 is 1.92 bits per heavy atom. The van der Waals surface area contributed by atoms with Crippen molar-refractivity contribution in [1.82, 2.24) is 14.9 Å². The zero-order valence-electron chi connectivity index (χ0n) is 14.6. The number of amides is 1. The van der Waals surface area contributed by atoms with Crippen molar-refractivity contribution in [2.75, 3.05) is 20.2 Å². The number of ether oxygens (including phenoxy) is 2. The van der Waals surface area contributed by atoms with Crippen LogP contribution in [0.25, 0.3) is 0 Å². The highest BCUT2D eigenvalue weighted by molar-refractivity contribution is 5.75. The SMILES string of the molecule is CCC(=O)N1CCC(c2nccnc2Oc2cccc(OC)c2)CC1. The Hall–Kier alpha value is -2.63. The fraction of sp³-hybridized carbons (Fsp3) is 0.421. The Morgan fingerprint density at radius 1 is 1.20 bits per heavy atom. The summed E-state index contributed by atoms with van der Waals surface area (Å²) in [6.45, 7) is 3.41. The van der Waals surface area contributed by atoms with Crippen molar-refractivity contribution in [3.05, 3.63) is 42.4 Å². The minimum absolute atomic E-state index is 0.213. The molecule has 0 N–H and O–H groups in total. The maximum atomic E-state index is 11.8. The van der Waals surface area contributed by atoms with Gasteiger partial charge >= 0.3 is 0 Å². The van der Waals surface area contributed by atoms with Crippen LogP contribution in [0, 0.1) is 0 Å². The number of nitrogens with zero attached hydrogens (tertiary/aromatic N) is 3. The maximum absolute atomic E-state index is 11.8. The van der Waals surface area contributed by atoms with Gasteiger partial charge < -0.3 is 14.4 Å². The number of carbonyl (C=O) groups is 1. The molecule has 0 saturated carbocycles. The van der Waals surface area contributed by atoms with Crippen LogP contribution in [0.3, 0.4) is 0 Å². The van der Waals surface area contributed by atoms with Gasteiger partial charge in [-0.3, -0.25) is 9.78 Å². The Morgan fingerprint density at radius 3 is 2.64 bits per heavy atom. The van der Waals surface area contributed by atoms with Gasteiger partial charge in [-0.05, 0) is 25.0 Å². The van der Waals surface area contributed by atoms with Gasteiger partial charge in [-0.15, -0.1) is 0 Å². The number of hydrogen-bond donors (Lipinski definition) is 0. The average Bonchev–Trinajstić information content (AvgIpc) is 2.68. The first-order valence-electron chi connectivity index (χ1n) is 8.61. The summed E-state index contributed by atoms with van der Waals surface area (Å²) >= 11 is 0. The van der Waals surface area contributed by atoms with E-state index in [1.807, 2.05) is 36.1 Å². The summed E-state index contributed by atoms with van der Waals surface area (Å²) in [5, 5.41) is 0. The van der Waals surface area contributed by atoms with Gasteiger partial charge in [0.05, 0.1) is 7.11 Å². The second-order valence-corrected chi connectivity index (χ2v) is 6.04. The predicted octanol–water partition coefficient (Wildman–Crippen LogP) is 3.39. The van der Waals surface area contributed by atoms with Gasteiger partial charge in [-0.25, -0.2) is 4.98 Å². The number of likely N-dealkylation sites (tertiary alicyclic amines) is 1. The van der Waals surface area contributed by atoms with Gasteiger partial charge in [-0.2, -0.15) is 0 Å². The molecule has 0 aliphatic carbocycles. The molecule has 3 rings (SSSR count). The third-order valence-corrected chi connectivity index (χ3v) is 4.48. The van der Waals surface area contributed by atoms with Crippen LogP contribution in [0.4, 0.5) is 0 Å². The van der Waals surface area contributed by atoms with Crippen molar-refractivity contribution >= 4 is 5.91 Å². The molecule has 0 unspecified atom stereocenters. The molecule has 2 aromatic rings. The summed E-state index contributed by atoms with van der Waals surface area (Å²) in [4.78, 5) is 22.6. The molecule has 2 heterocycles. The number of carbonyl (C=O) groups excluding carboxylic acids is 1. The lowest BCUT2D eigenvalue weighted by Gasteiger charge is -2.31. The Kier molecular flexibility index (Phi) is 5.48. The highest BCUT2D eigenvalue weighted by atomic mass is 16.5. The quantitative estimate of drug-likeness (QED) is 0.834. The van der Waals surface area contributed by atoms with Crippen molar-refractivity contribution in [2.45, 2.75) is 32.1 Å². The fourth-order valence-electron chi connectivity index (χ4n) is 3.10. The molecular weight excluding hydrogens is 318 g/mol. The molecule has 1 saturated heterocycles. The van der Waals surface area contributed by atoms with Crippen LogP contribution in [0.2, 0.25) is 0 Å². The van der Waals surface area contributed by atoms with Gasteiger partial charge in [0.2, 0.25) is 11.8 Å². The molecule has 1 aliphatic rings. The van der Waals surface area contributed by atoms with E-state index < -0.39 is 0 Å².